The third kappa shape index (κ3) is 1.79. The quantitative estimate of drug-likeness (QED) is 0.742. The minimum absolute atomic E-state index is 1.05. The van der Waals surface area contributed by atoms with Crippen LogP contribution in [0.25, 0.3) is 16.7 Å². The smallest absolute Gasteiger partial charge is 0.0980 e. The molecule has 0 aromatic heterocycles. The van der Waals surface area contributed by atoms with E-state index in [1.54, 1.807) is 6.26 Å². The highest BCUT2D eigenvalue weighted by Gasteiger charge is 2.18. The Morgan fingerprint density at radius 3 is 3.00 bits per heavy atom. The highest BCUT2D eigenvalue weighted by Crippen LogP contribution is 2.37. The van der Waals surface area contributed by atoms with E-state index in [4.69, 9.17) is 4.42 Å². The van der Waals surface area contributed by atoms with Gasteiger partial charge < -0.3 is 9.32 Å². The summed E-state index contributed by atoms with van der Waals surface area (Å²) in [6.07, 6.45) is 7.10. The molecule has 0 radical (unpaired) electrons. The predicted octanol–water partition coefficient (Wildman–Crippen LogP) is 3.41. The lowest BCUT2D eigenvalue weighted by Crippen LogP contribution is -2.23. The minimum Gasteiger partial charge on any atom is -0.472 e. The summed E-state index contributed by atoms with van der Waals surface area (Å²) in [7, 11) is 2.17. The normalized spacial score (nSPS) is 17.4. The molecule has 2 nitrogen and oxygen atoms in total. The molecule has 2 heterocycles. The number of hydrogen-bond donors (Lipinski definition) is 0. The molecule has 0 unspecified atom stereocenters. The standard InChI is InChI=1S/C15H17NO/c1-11-9-13-10-17-8-5-14(13)15(11)12-3-6-16(2)7-4-12/h3,5,8-10H,4,6-7H2,1-2H3. The average molecular weight is 227 g/mol. The van der Waals surface area contributed by atoms with E-state index in [0.717, 1.165) is 19.5 Å². The van der Waals surface area contributed by atoms with Crippen LogP contribution >= 0.6 is 0 Å². The summed E-state index contributed by atoms with van der Waals surface area (Å²) in [4.78, 5) is 2.35. The Hall–Kier alpha value is -1.54. The van der Waals surface area contributed by atoms with Crippen LogP contribution in [0.5, 0.6) is 0 Å². The van der Waals surface area contributed by atoms with Crippen LogP contribution in [0.1, 0.15) is 17.5 Å². The Bertz CT molecular complexity index is 538. The number of aryl methyl sites for hydroxylation is 1. The first-order chi connectivity index (χ1) is 8.25. The minimum atomic E-state index is 1.05. The topological polar surface area (TPSA) is 16.4 Å². The second kappa shape index (κ2) is 4.04. The molecule has 3 rings (SSSR count). The zero-order valence-corrected chi connectivity index (χ0v) is 10.4. The zero-order valence-electron chi connectivity index (χ0n) is 10.4. The molecule has 0 amide bonds. The summed E-state index contributed by atoms with van der Waals surface area (Å²) in [5.74, 6) is 0. The van der Waals surface area contributed by atoms with Crippen LogP contribution in [-0.4, -0.2) is 25.0 Å². The van der Waals surface area contributed by atoms with Crippen molar-refractivity contribution in [1.29, 1.82) is 0 Å². The maximum absolute atomic E-state index is 5.24. The molecule has 0 aromatic carbocycles. The molecule has 2 heteroatoms. The highest BCUT2D eigenvalue weighted by molar-refractivity contribution is 5.86. The maximum atomic E-state index is 5.24. The number of fused-ring (bicyclic) bond motifs is 1. The molecule has 0 saturated heterocycles. The van der Waals surface area contributed by atoms with Crippen molar-refractivity contribution in [2.75, 3.05) is 20.1 Å². The van der Waals surface area contributed by atoms with E-state index in [2.05, 4.69) is 37.1 Å². The van der Waals surface area contributed by atoms with Gasteiger partial charge in [-0.1, -0.05) is 6.08 Å². The number of likely N-dealkylation sites (N-methyl/N-ethyl adjacent to an activating group) is 1. The van der Waals surface area contributed by atoms with Crippen LogP contribution in [0, 0.1) is 6.92 Å². The average Bonchev–Trinajstić information content (AvgIpc) is 2.66. The van der Waals surface area contributed by atoms with Crippen molar-refractivity contribution >= 4 is 5.57 Å². The second-order valence-electron chi connectivity index (χ2n) is 4.87. The summed E-state index contributed by atoms with van der Waals surface area (Å²) >= 11 is 0. The van der Waals surface area contributed by atoms with E-state index in [0.29, 0.717) is 0 Å². The van der Waals surface area contributed by atoms with E-state index in [1.807, 2.05) is 6.26 Å². The molecular formula is C15H17NO. The van der Waals surface area contributed by atoms with Crippen molar-refractivity contribution in [2.24, 2.45) is 0 Å². The molecule has 17 heavy (non-hydrogen) atoms. The van der Waals surface area contributed by atoms with Crippen molar-refractivity contribution in [1.82, 2.24) is 4.90 Å². The van der Waals surface area contributed by atoms with Gasteiger partial charge in [-0.15, -0.1) is 0 Å². The van der Waals surface area contributed by atoms with Crippen LogP contribution < -0.4 is 0 Å². The maximum Gasteiger partial charge on any atom is 0.0980 e. The SMILES string of the molecule is Cc1cc2coccc-2c1C1=CCN(C)CC1. The highest BCUT2D eigenvalue weighted by atomic mass is 16.3. The van der Waals surface area contributed by atoms with Crippen molar-refractivity contribution < 1.29 is 4.42 Å². The van der Waals surface area contributed by atoms with Gasteiger partial charge in [-0.3, -0.25) is 0 Å². The van der Waals surface area contributed by atoms with Gasteiger partial charge >= 0.3 is 0 Å². The van der Waals surface area contributed by atoms with Crippen molar-refractivity contribution in [3.63, 3.8) is 0 Å². The third-order valence-electron chi connectivity index (χ3n) is 3.59. The lowest BCUT2D eigenvalue weighted by atomic mass is 9.95. The molecular weight excluding hydrogens is 210 g/mol. The summed E-state index contributed by atoms with van der Waals surface area (Å²) in [6.45, 7) is 4.39. The number of hydrogen-bond acceptors (Lipinski definition) is 2. The van der Waals surface area contributed by atoms with E-state index in [1.165, 1.54) is 27.8 Å². The van der Waals surface area contributed by atoms with Gasteiger partial charge in [0.05, 0.1) is 12.5 Å². The predicted molar refractivity (Wildman–Crippen MR) is 70.2 cm³/mol. The van der Waals surface area contributed by atoms with Crippen LogP contribution in [0.3, 0.4) is 0 Å². The lowest BCUT2D eigenvalue weighted by molar-refractivity contribution is 0.370. The second-order valence-corrected chi connectivity index (χ2v) is 4.87. The van der Waals surface area contributed by atoms with Crippen molar-refractivity contribution in [3.05, 3.63) is 41.9 Å². The Labute approximate surface area is 102 Å². The van der Waals surface area contributed by atoms with Gasteiger partial charge in [0, 0.05) is 18.7 Å². The van der Waals surface area contributed by atoms with Crippen molar-refractivity contribution in [2.45, 2.75) is 13.3 Å². The Morgan fingerprint density at radius 2 is 2.24 bits per heavy atom. The van der Waals surface area contributed by atoms with Gasteiger partial charge in [0.1, 0.15) is 0 Å². The van der Waals surface area contributed by atoms with E-state index < -0.39 is 0 Å². The van der Waals surface area contributed by atoms with Crippen LogP contribution in [0.4, 0.5) is 0 Å². The number of nitrogens with zero attached hydrogens (tertiary/aromatic N) is 1. The van der Waals surface area contributed by atoms with Gasteiger partial charge in [0.2, 0.25) is 0 Å². The Balaban J connectivity index is 2.09. The molecule has 3 aliphatic rings. The molecule has 88 valence electrons. The van der Waals surface area contributed by atoms with E-state index in [-0.39, 0.29) is 0 Å². The van der Waals surface area contributed by atoms with E-state index >= 15 is 0 Å². The fraction of sp³-hybridized carbons (Fsp3) is 0.333. The molecule has 0 fully saturated rings. The van der Waals surface area contributed by atoms with Crippen LogP contribution in [0.2, 0.25) is 0 Å². The lowest BCUT2D eigenvalue weighted by Gasteiger charge is -2.22. The van der Waals surface area contributed by atoms with E-state index in [9.17, 15) is 0 Å². The van der Waals surface area contributed by atoms with Crippen LogP contribution in [0.15, 0.2) is 35.2 Å². The van der Waals surface area contributed by atoms with Gasteiger partial charge in [0.25, 0.3) is 0 Å². The first-order valence-corrected chi connectivity index (χ1v) is 6.09. The summed E-state index contributed by atoms with van der Waals surface area (Å²) in [5, 5.41) is 0. The van der Waals surface area contributed by atoms with Crippen LogP contribution in [-0.2, 0) is 0 Å². The molecule has 2 aliphatic heterocycles. The fourth-order valence-corrected chi connectivity index (χ4v) is 2.66. The van der Waals surface area contributed by atoms with Gasteiger partial charge in [-0.05, 0) is 54.8 Å². The molecule has 0 saturated carbocycles. The van der Waals surface area contributed by atoms with Gasteiger partial charge in [-0.2, -0.15) is 0 Å². The molecule has 0 bridgehead atoms. The first kappa shape index (κ1) is 10.6. The molecule has 1 aliphatic carbocycles. The van der Waals surface area contributed by atoms with Crippen molar-refractivity contribution in [3.8, 4) is 11.1 Å². The number of rotatable bonds is 1. The van der Waals surface area contributed by atoms with Gasteiger partial charge in [-0.25, -0.2) is 0 Å². The largest absolute Gasteiger partial charge is 0.472 e. The Morgan fingerprint density at radius 1 is 1.35 bits per heavy atom. The monoisotopic (exact) mass is 227 g/mol. The zero-order chi connectivity index (χ0) is 11.8. The molecule has 0 N–H and O–H groups in total. The third-order valence-corrected chi connectivity index (χ3v) is 3.59. The summed E-state index contributed by atoms with van der Waals surface area (Å²) < 4.78 is 5.24. The fourth-order valence-electron chi connectivity index (χ4n) is 2.66. The van der Waals surface area contributed by atoms with Gasteiger partial charge in [0.15, 0.2) is 0 Å². The summed E-state index contributed by atoms with van der Waals surface area (Å²) in [5.41, 5.74) is 6.80. The summed E-state index contributed by atoms with van der Waals surface area (Å²) in [6, 6.07) is 4.30. The first-order valence-electron chi connectivity index (χ1n) is 6.09. The molecule has 0 spiro atoms. The molecule has 0 aromatic rings. The molecule has 0 atom stereocenters. The Kier molecular flexibility index (Phi) is 2.52.